The van der Waals surface area contributed by atoms with Gasteiger partial charge in [-0.05, 0) is 25.7 Å². The molecule has 3 atom stereocenters. The molecule has 0 bridgehead atoms. The Hall–Kier alpha value is -0.0800. The SMILES string of the molecule is CCC(C)CC(C)(O)C1CCOC1. The van der Waals surface area contributed by atoms with Crippen LogP contribution in [0, 0.1) is 11.8 Å². The summed E-state index contributed by atoms with van der Waals surface area (Å²) in [6, 6.07) is 0. The van der Waals surface area contributed by atoms with Crippen LogP contribution in [0.15, 0.2) is 0 Å². The van der Waals surface area contributed by atoms with E-state index in [0.717, 1.165) is 32.5 Å². The first-order valence-electron chi connectivity index (χ1n) is 5.36. The van der Waals surface area contributed by atoms with Gasteiger partial charge in [0.2, 0.25) is 0 Å². The first-order valence-corrected chi connectivity index (χ1v) is 5.36. The molecule has 0 aromatic rings. The summed E-state index contributed by atoms with van der Waals surface area (Å²) in [6.07, 6.45) is 3.06. The van der Waals surface area contributed by atoms with E-state index in [9.17, 15) is 5.11 Å². The van der Waals surface area contributed by atoms with E-state index in [1.807, 2.05) is 6.92 Å². The molecule has 1 heterocycles. The van der Waals surface area contributed by atoms with Crippen LogP contribution in [0.3, 0.4) is 0 Å². The van der Waals surface area contributed by atoms with Crippen LogP contribution in [0.25, 0.3) is 0 Å². The first kappa shape index (κ1) is 11.0. The van der Waals surface area contributed by atoms with Crippen molar-refractivity contribution in [2.75, 3.05) is 13.2 Å². The lowest BCUT2D eigenvalue weighted by molar-refractivity contribution is -0.0237. The molecule has 2 heteroatoms. The normalized spacial score (nSPS) is 30.0. The summed E-state index contributed by atoms with van der Waals surface area (Å²) in [7, 11) is 0. The molecule has 0 radical (unpaired) electrons. The summed E-state index contributed by atoms with van der Waals surface area (Å²) in [5, 5.41) is 10.2. The summed E-state index contributed by atoms with van der Waals surface area (Å²) >= 11 is 0. The molecule has 0 aromatic heterocycles. The fourth-order valence-corrected chi connectivity index (χ4v) is 2.04. The predicted octanol–water partition coefficient (Wildman–Crippen LogP) is 2.21. The summed E-state index contributed by atoms with van der Waals surface area (Å²) < 4.78 is 5.30. The summed E-state index contributed by atoms with van der Waals surface area (Å²) in [6.45, 7) is 7.89. The average molecular weight is 186 g/mol. The van der Waals surface area contributed by atoms with Crippen LogP contribution in [0.4, 0.5) is 0 Å². The van der Waals surface area contributed by atoms with Gasteiger partial charge in [-0.25, -0.2) is 0 Å². The molecular formula is C11H22O2. The topological polar surface area (TPSA) is 29.5 Å². The summed E-state index contributed by atoms with van der Waals surface area (Å²) in [5.41, 5.74) is -0.522. The Morgan fingerprint density at radius 2 is 2.31 bits per heavy atom. The first-order chi connectivity index (χ1) is 6.06. The molecule has 1 fully saturated rings. The van der Waals surface area contributed by atoms with Crippen LogP contribution in [0.1, 0.15) is 40.0 Å². The van der Waals surface area contributed by atoms with Crippen molar-refractivity contribution in [2.45, 2.75) is 45.6 Å². The van der Waals surface area contributed by atoms with Crippen LogP contribution >= 0.6 is 0 Å². The van der Waals surface area contributed by atoms with Gasteiger partial charge < -0.3 is 9.84 Å². The lowest BCUT2D eigenvalue weighted by atomic mass is 9.81. The van der Waals surface area contributed by atoms with Crippen LogP contribution in [0.2, 0.25) is 0 Å². The molecule has 2 nitrogen and oxygen atoms in total. The molecular weight excluding hydrogens is 164 g/mol. The highest BCUT2D eigenvalue weighted by Crippen LogP contribution is 2.31. The summed E-state index contributed by atoms with van der Waals surface area (Å²) in [4.78, 5) is 0. The van der Waals surface area contributed by atoms with E-state index in [0.29, 0.717) is 11.8 Å². The number of hydrogen-bond donors (Lipinski definition) is 1. The highest BCUT2D eigenvalue weighted by atomic mass is 16.5. The zero-order chi connectivity index (χ0) is 9.90. The van der Waals surface area contributed by atoms with Crippen LogP contribution in [-0.4, -0.2) is 23.9 Å². The van der Waals surface area contributed by atoms with Crippen LogP contribution < -0.4 is 0 Å². The van der Waals surface area contributed by atoms with Gasteiger partial charge >= 0.3 is 0 Å². The minimum atomic E-state index is -0.522. The fourth-order valence-electron chi connectivity index (χ4n) is 2.04. The van der Waals surface area contributed by atoms with Crippen LogP contribution in [0.5, 0.6) is 0 Å². The average Bonchev–Trinajstić information content (AvgIpc) is 2.55. The Labute approximate surface area is 81.3 Å². The van der Waals surface area contributed by atoms with E-state index >= 15 is 0 Å². The molecule has 78 valence electrons. The molecule has 1 aliphatic rings. The number of hydrogen-bond acceptors (Lipinski definition) is 2. The van der Waals surface area contributed by atoms with Crippen molar-refractivity contribution in [1.82, 2.24) is 0 Å². The highest BCUT2D eigenvalue weighted by molar-refractivity contribution is 4.85. The second kappa shape index (κ2) is 4.43. The van der Waals surface area contributed by atoms with Gasteiger partial charge in [0.05, 0.1) is 12.2 Å². The number of ether oxygens (including phenoxy) is 1. The van der Waals surface area contributed by atoms with E-state index in [-0.39, 0.29) is 0 Å². The van der Waals surface area contributed by atoms with Crippen molar-refractivity contribution in [3.8, 4) is 0 Å². The van der Waals surface area contributed by atoms with Gasteiger partial charge in [-0.2, -0.15) is 0 Å². The molecule has 0 aromatic carbocycles. The molecule has 1 N–H and O–H groups in total. The van der Waals surface area contributed by atoms with Gasteiger partial charge in [-0.15, -0.1) is 0 Å². The molecule has 1 saturated heterocycles. The van der Waals surface area contributed by atoms with Crippen molar-refractivity contribution >= 4 is 0 Å². The van der Waals surface area contributed by atoms with E-state index in [1.165, 1.54) is 0 Å². The molecule has 1 aliphatic heterocycles. The second-order valence-corrected chi connectivity index (χ2v) is 4.64. The van der Waals surface area contributed by atoms with Crippen molar-refractivity contribution in [3.63, 3.8) is 0 Å². The van der Waals surface area contributed by atoms with Crippen molar-refractivity contribution in [2.24, 2.45) is 11.8 Å². The van der Waals surface area contributed by atoms with Gasteiger partial charge in [-0.1, -0.05) is 20.3 Å². The zero-order valence-corrected chi connectivity index (χ0v) is 9.05. The molecule has 0 amide bonds. The lowest BCUT2D eigenvalue weighted by Gasteiger charge is -2.31. The maximum atomic E-state index is 10.2. The Bertz CT molecular complexity index is 148. The third-order valence-electron chi connectivity index (χ3n) is 3.27. The smallest absolute Gasteiger partial charge is 0.0673 e. The van der Waals surface area contributed by atoms with Gasteiger partial charge in [0.25, 0.3) is 0 Å². The van der Waals surface area contributed by atoms with E-state index in [1.54, 1.807) is 0 Å². The van der Waals surface area contributed by atoms with Crippen molar-refractivity contribution < 1.29 is 9.84 Å². The Morgan fingerprint density at radius 1 is 1.62 bits per heavy atom. The molecule has 0 saturated carbocycles. The lowest BCUT2D eigenvalue weighted by Crippen LogP contribution is -2.36. The van der Waals surface area contributed by atoms with Crippen LogP contribution in [-0.2, 0) is 4.74 Å². The number of rotatable bonds is 4. The standard InChI is InChI=1S/C11H22O2/c1-4-9(2)7-11(3,12)10-5-6-13-8-10/h9-10,12H,4-8H2,1-3H3. The predicted molar refractivity (Wildman–Crippen MR) is 53.6 cm³/mol. The third-order valence-corrected chi connectivity index (χ3v) is 3.27. The minimum absolute atomic E-state index is 0.349. The maximum Gasteiger partial charge on any atom is 0.0673 e. The molecule has 13 heavy (non-hydrogen) atoms. The van der Waals surface area contributed by atoms with E-state index in [4.69, 9.17) is 4.74 Å². The molecule has 0 aliphatic carbocycles. The van der Waals surface area contributed by atoms with Crippen molar-refractivity contribution in [3.05, 3.63) is 0 Å². The quantitative estimate of drug-likeness (QED) is 0.729. The van der Waals surface area contributed by atoms with Gasteiger partial charge in [0, 0.05) is 12.5 Å². The van der Waals surface area contributed by atoms with Gasteiger partial charge in [0.1, 0.15) is 0 Å². The third kappa shape index (κ3) is 2.96. The van der Waals surface area contributed by atoms with E-state index in [2.05, 4.69) is 13.8 Å². The zero-order valence-electron chi connectivity index (χ0n) is 9.05. The van der Waals surface area contributed by atoms with Crippen molar-refractivity contribution in [1.29, 1.82) is 0 Å². The fraction of sp³-hybridized carbons (Fsp3) is 1.00. The largest absolute Gasteiger partial charge is 0.390 e. The Balaban J connectivity index is 2.43. The molecule has 0 spiro atoms. The van der Waals surface area contributed by atoms with E-state index < -0.39 is 5.60 Å². The Morgan fingerprint density at radius 3 is 2.77 bits per heavy atom. The monoisotopic (exact) mass is 186 g/mol. The number of aliphatic hydroxyl groups is 1. The minimum Gasteiger partial charge on any atom is -0.390 e. The Kier molecular flexibility index (Phi) is 3.74. The van der Waals surface area contributed by atoms with Gasteiger partial charge in [0.15, 0.2) is 0 Å². The molecule has 3 unspecified atom stereocenters. The molecule has 1 rings (SSSR count). The second-order valence-electron chi connectivity index (χ2n) is 4.64. The maximum absolute atomic E-state index is 10.2. The van der Waals surface area contributed by atoms with Gasteiger partial charge in [-0.3, -0.25) is 0 Å². The summed E-state index contributed by atoms with van der Waals surface area (Å²) in [5.74, 6) is 0.956. The highest BCUT2D eigenvalue weighted by Gasteiger charge is 2.35.